The number of amides is 1. The summed E-state index contributed by atoms with van der Waals surface area (Å²) in [4.78, 5) is 26.0. The second kappa shape index (κ2) is 11.6. The third-order valence-corrected chi connectivity index (χ3v) is 4.64. The van der Waals surface area contributed by atoms with E-state index in [9.17, 15) is 18.0 Å². The molecular formula is C20H16F3IN4O5. The minimum Gasteiger partial charge on any atom is -0.445 e. The number of rotatable bonds is 10. The number of carbonyl (C=O) groups is 1. The molecule has 3 rings (SSSR count). The fourth-order valence-electron chi connectivity index (χ4n) is 2.49. The standard InChI is InChI=1S/C20H16F3IN4O5/c21-14-8-12(24)1-2-15(14)27-19-13(20(30)28-32-6-4-29)7-11(17(22)18(19)23)9-26-33-10-16-25-3-5-31-16/h1-3,5,7-9,27,29H,4,6,10H2,(H,28,30)/b26-9+. The van der Waals surface area contributed by atoms with Crippen molar-refractivity contribution < 1.29 is 37.2 Å². The first-order chi connectivity index (χ1) is 15.9. The fourth-order valence-corrected chi connectivity index (χ4v) is 2.95. The Morgan fingerprint density at radius 1 is 1.27 bits per heavy atom. The molecule has 1 heterocycles. The van der Waals surface area contributed by atoms with Crippen LogP contribution < -0.4 is 10.8 Å². The number of hydrogen-bond acceptors (Lipinski definition) is 8. The average Bonchev–Trinajstić information content (AvgIpc) is 3.31. The SMILES string of the molecule is O=C(NOCCO)c1cc(/C=N/OCc2ncco2)c(F)c(F)c1Nc1ccc(I)cc1F. The van der Waals surface area contributed by atoms with Crippen LogP contribution >= 0.6 is 22.6 Å². The molecule has 0 saturated carbocycles. The average molecular weight is 576 g/mol. The zero-order valence-corrected chi connectivity index (χ0v) is 18.8. The lowest BCUT2D eigenvalue weighted by Gasteiger charge is -2.15. The zero-order chi connectivity index (χ0) is 23.8. The van der Waals surface area contributed by atoms with E-state index in [0.717, 1.165) is 12.3 Å². The number of aliphatic hydroxyl groups excluding tert-OH is 1. The molecule has 0 aliphatic carbocycles. The van der Waals surface area contributed by atoms with Crippen LogP contribution in [-0.4, -0.2) is 35.4 Å². The summed E-state index contributed by atoms with van der Waals surface area (Å²) >= 11 is 1.89. The van der Waals surface area contributed by atoms with Crippen LogP contribution in [0, 0.1) is 21.0 Å². The third kappa shape index (κ3) is 6.43. The van der Waals surface area contributed by atoms with Crippen LogP contribution in [0.5, 0.6) is 0 Å². The van der Waals surface area contributed by atoms with Gasteiger partial charge in [-0.2, -0.15) is 0 Å². The number of halogens is 4. The van der Waals surface area contributed by atoms with E-state index in [-0.39, 0.29) is 24.8 Å². The maximum atomic E-state index is 15.0. The van der Waals surface area contributed by atoms with Gasteiger partial charge in [-0.25, -0.2) is 23.6 Å². The molecular weight excluding hydrogens is 560 g/mol. The van der Waals surface area contributed by atoms with E-state index in [4.69, 9.17) is 19.2 Å². The smallest absolute Gasteiger partial charge is 0.277 e. The molecule has 2 aromatic carbocycles. The summed E-state index contributed by atoms with van der Waals surface area (Å²) in [6.07, 6.45) is 3.56. The Bertz CT molecular complexity index is 1150. The Labute approximate surface area is 198 Å². The van der Waals surface area contributed by atoms with Crippen molar-refractivity contribution in [3.63, 3.8) is 0 Å². The van der Waals surface area contributed by atoms with Crippen molar-refractivity contribution >= 4 is 46.1 Å². The second-order valence-electron chi connectivity index (χ2n) is 6.20. The molecule has 3 aromatic rings. The normalized spacial score (nSPS) is 11.1. The summed E-state index contributed by atoms with van der Waals surface area (Å²) in [6.45, 7) is -0.800. The molecule has 1 aromatic heterocycles. The number of anilines is 2. The Balaban J connectivity index is 1.92. The number of hydrogen-bond donors (Lipinski definition) is 3. The summed E-state index contributed by atoms with van der Waals surface area (Å²) in [6, 6.07) is 5.00. The maximum absolute atomic E-state index is 15.0. The maximum Gasteiger partial charge on any atom is 0.277 e. The Morgan fingerprint density at radius 3 is 2.79 bits per heavy atom. The summed E-state index contributed by atoms with van der Waals surface area (Å²) in [5.74, 6) is -4.34. The van der Waals surface area contributed by atoms with Crippen molar-refractivity contribution in [2.45, 2.75) is 6.61 Å². The Hall–Kier alpha value is -3.17. The molecule has 3 N–H and O–H groups in total. The van der Waals surface area contributed by atoms with Crippen LogP contribution in [0.15, 0.2) is 46.3 Å². The van der Waals surface area contributed by atoms with Crippen LogP contribution in [0.1, 0.15) is 21.8 Å². The lowest BCUT2D eigenvalue weighted by Crippen LogP contribution is -2.26. The number of nitrogens with zero attached hydrogens (tertiary/aromatic N) is 2. The molecule has 0 radical (unpaired) electrons. The van der Waals surface area contributed by atoms with E-state index in [1.165, 1.54) is 30.7 Å². The van der Waals surface area contributed by atoms with E-state index in [2.05, 4.69) is 15.5 Å². The summed E-state index contributed by atoms with van der Waals surface area (Å²) < 4.78 is 49.4. The van der Waals surface area contributed by atoms with Gasteiger partial charge in [0.05, 0.1) is 42.6 Å². The fraction of sp³-hybridized carbons (Fsp3) is 0.150. The van der Waals surface area contributed by atoms with Crippen molar-refractivity contribution in [1.82, 2.24) is 10.5 Å². The lowest BCUT2D eigenvalue weighted by atomic mass is 10.1. The molecule has 0 aliphatic heterocycles. The first kappa shape index (κ1) is 24.5. The highest BCUT2D eigenvalue weighted by Crippen LogP contribution is 2.30. The highest BCUT2D eigenvalue weighted by molar-refractivity contribution is 14.1. The molecule has 1 amide bonds. The van der Waals surface area contributed by atoms with Crippen LogP contribution in [-0.2, 0) is 16.3 Å². The first-order valence-electron chi connectivity index (χ1n) is 9.21. The number of nitrogens with one attached hydrogen (secondary N) is 2. The molecule has 174 valence electrons. The Kier molecular flexibility index (Phi) is 8.62. The number of oxazole rings is 1. The second-order valence-corrected chi connectivity index (χ2v) is 7.45. The van der Waals surface area contributed by atoms with Crippen molar-refractivity contribution in [3.05, 3.63) is 74.8 Å². The molecule has 0 aliphatic rings. The van der Waals surface area contributed by atoms with Crippen LogP contribution in [0.2, 0.25) is 0 Å². The van der Waals surface area contributed by atoms with Crippen LogP contribution in [0.4, 0.5) is 24.5 Å². The van der Waals surface area contributed by atoms with Crippen LogP contribution in [0.25, 0.3) is 0 Å². The number of oxime groups is 1. The van der Waals surface area contributed by atoms with Crippen molar-refractivity contribution in [2.24, 2.45) is 5.16 Å². The van der Waals surface area contributed by atoms with Gasteiger partial charge in [0.2, 0.25) is 5.89 Å². The van der Waals surface area contributed by atoms with Crippen LogP contribution in [0.3, 0.4) is 0 Å². The lowest BCUT2D eigenvalue weighted by molar-refractivity contribution is 0.0168. The van der Waals surface area contributed by atoms with Gasteiger partial charge in [-0.1, -0.05) is 5.16 Å². The molecule has 33 heavy (non-hydrogen) atoms. The summed E-state index contributed by atoms with van der Waals surface area (Å²) in [5, 5.41) is 14.7. The Morgan fingerprint density at radius 2 is 2.09 bits per heavy atom. The molecule has 13 heteroatoms. The van der Waals surface area contributed by atoms with Crippen molar-refractivity contribution in [3.8, 4) is 0 Å². The van der Waals surface area contributed by atoms with E-state index in [1.54, 1.807) is 0 Å². The van der Waals surface area contributed by atoms with Gasteiger partial charge in [0.15, 0.2) is 18.2 Å². The zero-order valence-electron chi connectivity index (χ0n) is 16.6. The van der Waals surface area contributed by atoms with Crippen molar-refractivity contribution in [2.75, 3.05) is 18.5 Å². The molecule has 0 unspecified atom stereocenters. The molecule has 0 bridgehead atoms. The number of benzene rings is 2. The highest BCUT2D eigenvalue weighted by Gasteiger charge is 2.23. The van der Waals surface area contributed by atoms with Gasteiger partial charge in [0, 0.05) is 9.13 Å². The topological polar surface area (TPSA) is 118 Å². The van der Waals surface area contributed by atoms with E-state index < -0.39 is 46.8 Å². The van der Waals surface area contributed by atoms with Gasteiger partial charge < -0.3 is 19.7 Å². The van der Waals surface area contributed by atoms with E-state index in [0.29, 0.717) is 3.57 Å². The molecule has 0 atom stereocenters. The van der Waals surface area contributed by atoms with Gasteiger partial charge in [-0.05, 0) is 46.9 Å². The van der Waals surface area contributed by atoms with Gasteiger partial charge in [-0.15, -0.1) is 0 Å². The van der Waals surface area contributed by atoms with Gasteiger partial charge in [-0.3, -0.25) is 9.63 Å². The van der Waals surface area contributed by atoms with Crippen molar-refractivity contribution in [1.29, 1.82) is 0 Å². The predicted octanol–water partition coefficient (Wildman–Crippen LogP) is 3.64. The monoisotopic (exact) mass is 576 g/mol. The molecule has 0 fully saturated rings. The van der Waals surface area contributed by atoms with Gasteiger partial charge in [0.1, 0.15) is 12.1 Å². The number of aliphatic hydroxyl groups is 1. The first-order valence-corrected chi connectivity index (χ1v) is 10.3. The van der Waals surface area contributed by atoms with Gasteiger partial charge >= 0.3 is 0 Å². The van der Waals surface area contributed by atoms with E-state index in [1.807, 2.05) is 28.1 Å². The predicted molar refractivity (Wildman–Crippen MR) is 118 cm³/mol. The molecule has 0 saturated heterocycles. The largest absolute Gasteiger partial charge is 0.445 e. The summed E-state index contributed by atoms with van der Waals surface area (Å²) in [5.41, 5.74) is 0.328. The quantitative estimate of drug-likeness (QED) is 0.146. The number of aromatic nitrogens is 1. The third-order valence-electron chi connectivity index (χ3n) is 3.97. The molecule has 9 nitrogen and oxygen atoms in total. The van der Waals surface area contributed by atoms with Gasteiger partial charge in [0.25, 0.3) is 5.91 Å². The minimum atomic E-state index is -1.46. The van der Waals surface area contributed by atoms with E-state index >= 15 is 0 Å². The molecule has 0 spiro atoms. The number of carbonyl (C=O) groups excluding carboxylic acids is 1. The minimum absolute atomic E-state index is 0.165. The summed E-state index contributed by atoms with van der Waals surface area (Å²) in [7, 11) is 0. The highest BCUT2D eigenvalue weighted by atomic mass is 127. The number of hydroxylamine groups is 1.